The fourth-order valence-electron chi connectivity index (χ4n) is 1.12. The second-order valence-electron chi connectivity index (χ2n) is 3.31. The maximum Gasteiger partial charge on any atom is 0.234 e. The molecule has 0 aromatic heterocycles. The van der Waals surface area contributed by atoms with Gasteiger partial charge in [-0.25, -0.2) is 0 Å². The molecule has 1 aromatic carbocycles. The third-order valence-corrected chi connectivity index (χ3v) is 3.33. The Bertz CT molecular complexity index is 407. The molecule has 0 saturated carbocycles. The molecule has 0 radical (unpaired) electrons. The lowest BCUT2D eigenvalue weighted by molar-refractivity contribution is -0.117. The van der Waals surface area contributed by atoms with Crippen molar-refractivity contribution in [3.05, 3.63) is 24.3 Å². The highest BCUT2D eigenvalue weighted by Gasteiger charge is 2.16. The number of thioether (sulfide) groups is 1. The van der Waals surface area contributed by atoms with E-state index < -0.39 is 5.92 Å². The Morgan fingerprint density at radius 2 is 2.12 bits per heavy atom. The van der Waals surface area contributed by atoms with Crippen molar-refractivity contribution in [2.75, 3.05) is 11.6 Å². The Labute approximate surface area is 105 Å². The summed E-state index contributed by atoms with van der Waals surface area (Å²) in [7, 11) is 0. The molecule has 0 bridgehead atoms. The van der Waals surface area contributed by atoms with Crippen LogP contribution in [0.4, 0.5) is 5.69 Å². The number of thiocarbonyl (C=S) groups is 1. The fourth-order valence-corrected chi connectivity index (χ4v) is 1.78. The van der Waals surface area contributed by atoms with Crippen molar-refractivity contribution in [2.45, 2.75) is 11.8 Å². The van der Waals surface area contributed by atoms with E-state index in [1.807, 2.05) is 30.5 Å². The van der Waals surface area contributed by atoms with Crippen molar-refractivity contribution in [1.82, 2.24) is 0 Å². The summed E-state index contributed by atoms with van der Waals surface area (Å²) in [6.07, 6.45) is 1.96. The van der Waals surface area contributed by atoms with E-state index in [1.165, 1.54) is 0 Å². The molecule has 0 fully saturated rings. The minimum absolute atomic E-state index is 0.172. The van der Waals surface area contributed by atoms with Gasteiger partial charge in [0.2, 0.25) is 5.91 Å². The molecule has 3 nitrogen and oxygen atoms in total. The quantitative estimate of drug-likeness (QED) is 0.639. The van der Waals surface area contributed by atoms with Crippen LogP contribution >= 0.6 is 24.0 Å². The zero-order chi connectivity index (χ0) is 12.1. The predicted molar refractivity (Wildman–Crippen MR) is 72.8 cm³/mol. The molecule has 1 aromatic rings. The summed E-state index contributed by atoms with van der Waals surface area (Å²) in [6.45, 7) is 1.69. The fraction of sp³-hybridized carbons (Fsp3) is 0.273. The second kappa shape index (κ2) is 5.86. The lowest BCUT2D eigenvalue weighted by Gasteiger charge is -2.12. The summed E-state index contributed by atoms with van der Waals surface area (Å²) in [4.78, 5) is 13.0. The zero-order valence-electron chi connectivity index (χ0n) is 9.19. The Kier molecular flexibility index (Phi) is 4.76. The number of rotatable bonds is 4. The summed E-state index contributed by atoms with van der Waals surface area (Å²) in [5, 5.41) is 2.82. The highest BCUT2D eigenvalue weighted by Crippen LogP contribution is 2.24. The third kappa shape index (κ3) is 3.21. The van der Waals surface area contributed by atoms with Crippen LogP contribution in [0.25, 0.3) is 0 Å². The summed E-state index contributed by atoms with van der Waals surface area (Å²) in [5.41, 5.74) is 6.22. The Balaban J connectivity index is 2.80. The molecule has 16 heavy (non-hydrogen) atoms. The topological polar surface area (TPSA) is 55.1 Å². The molecule has 5 heteroatoms. The van der Waals surface area contributed by atoms with E-state index >= 15 is 0 Å². The Morgan fingerprint density at radius 1 is 1.50 bits per heavy atom. The molecular weight excluding hydrogens is 240 g/mol. The minimum atomic E-state index is -0.454. The maximum absolute atomic E-state index is 11.7. The van der Waals surface area contributed by atoms with E-state index in [1.54, 1.807) is 18.7 Å². The number of benzene rings is 1. The van der Waals surface area contributed by atoms with Gasteiger partial charge in [0, 0.05) is 4.90 Å². The zero-order valence-corrected chi connectivity index (χ0v) is 10.8. The van der Waals surface area contributed by atoms with Gasteiger partial charge in [-0.2, -0.15) is 0 Å². The number of carbonyl (C=O) groups is 1. The number of para-hydroxylation sites is 1. The number of nitrogens with one attached hydrogen (secondary N) is 1. The van der Waals surface area contributed by atoms with Crippen LogP contribution < -0.4 is 11.1 Å². The summed E-state index contributed by atoms with van der Waals surface area (Å²) in [6, 6.07) is 7.61. The number of amides is 1. The average Bonchev–Trinajstić information content (AvgIpc) is 2.28. The molecule has 3 N–H and O–H groups in total. The first-order chi connectivity index (χ1) is 7.56. The van der Waals surface area contributed by atoms with Crippen LogP contribution in [0.2, 0.25) is 0 Å². The highest BCUT2D eigenvalue weighted by atomic mass is 32.2. The first kappa shape index (κ1) is 13.0. The van der Waals surface area contributed by atoms with Crippen molar-refractivity contribution < 1.29 is 4.79 Å². The van der Waals surface area contributed by atoms with Crippen LogP contribution in [-0.2, 0) is 4.79 Å². The van der Waals surface area contributed by atoms with Gasteiger partial charge in [0.15, 0.2) is 0 Å². The summed E-state index contributed by atoms with van der Waals surface area (Å²) in [5.74, 6) is -0.626. The number of anilines is 1. The van der Waals surface area contributed by atoms with Gasteiger partial charge in [0.1, 0.15) is 0 Å². The SMILES string of the molecule is CSc1ccccc1NC(=O)C(C)C(N)=S. The molecule has 1 atom stereocenters. The van der Waals surface area contributed by atoms with Crippen molar-refractivity contribution in [3.63, 3.8) is 0 Å². The van der Waals surface area contributed by atoms with E-state index in [9.17, 15) is 4.79 Å². The lowest BCUT2D eigenvalue weighted by atomic mass is 10.1. The molecular formula is C11H14N2OS2. The van der Waals surface area contributed by atoms with Crippen LogP contribution in [0, 0.1) is 5.92 Å². The van der Waals surface area contributed by atoms with E-state index in [2.05, 4.69) is 5.32 Å². The van der Waals surface area contributed by atoms with Gasteiger partial charge >= 0.3 is 0 Å². The van der Waals surface area contributed by atoms with Gasteiger partial charge in [-0.1, -0.05) is 24.4 Å². The van der Waals surface area contributed by atoms with Crippen LogP contribution in [0.1, 0.15) is 6.92 Å². The Hall–Kier alpha value is -1.07. The minimum Gasteiger partial charge on any atom is -0.393 e. The number of hydrogen-bond donors (Lipinski definition) is 2. The van der Waals surface area contributed by atoms with Crippen LogP contribution in [0.5, 0.6) is 0 Å². The predicted octanol–water partition coefficient (Wildman–Crippen LogP) is 2.27. The summed E-state index contributed by atoms with van der Waals surface area (Å²) >= 11 is 6.36. The molecule has 0 aliphatic carbocycles. The van der Waals surface area contributed by atoms with Crippen LogP contribution in [0.3, 0.4) is 0 Å². The standard InChI is InChI=1S/C11H14N2OS2/c1-7(10(12)15)11(14)13-8-5-3-4-6-9(8)16-2/h3-7H,1-2H3,(H2,12,15)(H,13,14). The molecule has 0 aliphatic rings. The maximum atomic E-state index is 11.7. The normalized spacial score (nSPS) is 11.9. The number of carbonyl (C=O) groups excluding carboxylic acids is 1. The van der Waals surface area contributed by atoms with Crippen LogP contribution in [0.15, 0.2) is 29.2 Å². The van der Waals surface area contributed by atoms with Gasteiger partial charge in [-0.05, 0) is 25.3 Å². The van der Waals surface area contributed by atoms with E-state index in [0.29, 0.717) is 0 Å². The molecule has 1 unspecified atom stereocenters. The first-order valence-corrected chi connectivity index (χ1v) is 6.42. The third-order valence-electron chi connectivity index (χ3n) is 2.18. The average molecular weight is 254 g/mol. The van der Waals surface area contributed by atoms with Crippen molar-refractivity contribution in [3.8, 4) is 0 Å². The van der Waals surface area contributed by atoms with E-state index in [-0.39, 0.29) is 10.9 Å². The van der Waals surface area contributed by atoms with Crippen LogP contribution in [-0.4, -0.2) is 17.2 Å². The molecule has 0 spiro atoms. The summed E-state index contributed by atoms with van der Waals surface area (Å²) < 4.78 is 0. The van der Waals surface area contributed by atoms with Crippen molar-refractivity contribution in [1.29, 1.82) is 0 Å². The van der Waals surface area contributed by atoms with Gasteiger partial charge in [-0.3, -0.25) is 4.79 Å². The van der Waals surface area contributed by atoms with Gasteiger partial charge < -0.3 is 11.1 Å². The van der Waals surface area contributed by atoms with E-state index in [4.69, 9.17) is 18.0 Å². The first-order valence-electron chi connectivity index (χ1n) is 4.79. The van der Waals surface area contributed by atoms with Gasteiger partial charge in [-0.15, -0.1) is 11.8 Å². The van der Waals surface area contributed by atoms with E-state index in [0.717, 1.165) is 10.6 Å². The van der Waals surface area contributed by atoms with Gasteiger partial charge in [0.25, 0.3) is 0 Å². The monoisotopic (exact) mass is 254 g/mol. The smallest absolute Gasteiger partial charge is 0.234 e. The lowest BCUT2D eigenvalue weighted by Crippen LogP contribution is -2.30. The number of nitrogens with two attached hydrogens (primary N) is 1. The van der Waals surface area contributed by atoms with Crippen molar-refractivity contribution in [2.24, 2.45) is 11.7 Å². The highest BCUT2D eigenvalue weighted by molar-refractivity contribution is 7.98. The number of hydrogen-bond acceptors (Lipinski definition) is 3. The second-order valence-corrected chi connectivity index (χ2v) is 4.63. The molecule has 0 aliphatic heterocycles. The molecule has 1 rings (SSSR count). The Morgan fingerprint density at radius 3 is 2.69 bits per heavy atom. The molecule has 1 amide bonds. The molecule has 0 saturated heterocycles. The molecule has 0 heterocycles. The largest absolute Gasteiger partial charge is 0.393 e. The van der Waals surface area contributed by atoms with Gasteiger partial charge in [0.05, 0.1) is 16.6 Å². The molecule has 86 valence electrons. The van der Waals surface area contributed by atoms with Crippen molar-refractivity contribution >= 4 is 40.6 Å².